The molecule has 0 aliphatic heterocycles. The number of para-hydroxylation sites is 1. The van der Waals surface area contributed by atoms with E-state index in [0.717, 1.165) is 0 Å². The third kappa shape index (κ3) is 1.57. The minimum Gasteiger partial charge on any atom is -0.495 e. The van der Waals surface area contributed by atoms with Crippen molar-refractivity contribution in [1.82, 2.24) is 4.98 Å². The van der Waals surface area contributed by atoms with Crippen LogP contribution in [0.3, 0.4) is 0 Å². The smallest absolute Gasteiger partial charge is 0.257 e. The molecule has 1 aromatic heterocycles. The van der Waals surface area contributed by atoms with Crippen molar-refractivity contribution in [2.24, 2.45) is 0 Å². The molecule has 1 aromatic carbocycles. The van der Waals surface area contributed by atoms with Crippen molar-refractivity contribution in [1.29, 1.82) is 0 Å². The van der Waals surface area contributed by atoms with Crippen molar-refractivity contribution in [2.75, 3.05) is 7.11 Å². The van der Waals surface area contributed by atoms with Crippen LogP contribution in [0, 0.1) is 0 Å². The molecule has 16 heavy (non-hydrogen) atoms. The Kier molecular flexibility index (Phi) is 2.66. The van der Waals surface area contributed by atoms with Gasteiger partial charge in [0.2, 0.25) is 5.43 Å². The Morgan fingerprint density at radius 3 is 2.81 bits per heavy atom. The van der Waals surface area contributed by atoms with Crippen LogP contribution in [0.5, 0.6) is 5.75 Å². The molecule has 0 radical (unpaired) electrons. The average Bonchev–Trinajstić information content (AvgIpc) is 2.28. The number of H-pyrrole nitrogens is 1. The van der Waals surface area contributed by atoms with Gasteiger partial charge in [0.15, 0.2) is 0 Å². The summed E-state index contributed by atoms with van der Waals surface area (Å²) in [5.41, 5.74) is 0.0896. The van der Waals surface area contributed by atoms with Gasteiger partial charge in [0, 0.05) is 6.20 Å². The van der Waals surface area contributed by atoms with Crippen LogP contribution in [-0.2, 0) is 0 Å². The monoisotopic (exact) mass is 237 g/mol. The SMILES string of the molecule is COc1cccc2c(=O)c(C(=O)Cl)c[nH]c12. The lowest BCUT2D eigenvalue weighted by atomic mass is 10.1. The fourth-order valence-electron chi connectivity index (χ4n) is 1.54. The van der Waals surface area contributed by atoms with Crippen molar-refractivity contribution >= 4 is 27.7 Å². The fraction of sp³-hybridized carbons (Fsp3) is 0.0909. The first-order valence-electron chi connectivity index (χ1n) is 4.53. The van der Waals surface area contributed by atoms with Crippen molar-refractivity contribution < 1.29 is 9.53 Å². The van der Waals surface area contributed by atoms with Crippen LogP contribution in [-0.4, -0.2) is 17.3 Å². The molecule has 0 saturated carbocycles. The molecule has 0 aliphatic carbocycles. The Balaban J connectivity index is 2.87. The maximum Gasteiger partial charge on any atom is 0.257 e. The number of hydrogen-bond acceptors (Lipinski definition) is 3. The van der Waals surface area contributed by atoms with Gasteiger partial charge in [0.25, 0.3) is 5.24 Å². The molecule has 1 heterocycles. The quantitative estimate of drug-likeness (QED) is 0.812. The largest absolute Gasteiger partial charge is 0.495 e. The zero-order chi connectivity index (χ0) is 11.7. The van der Waals surface area contributed by atoms with Crippen molar-refractivity contribution in [3.63, 3.8) is 0 Å². The number of nitrogens with one attached hydrogen (secondary N) is 1. The number of halogens is 1. The van der Waals surface area contributed by atoms with E-state index in [0.29, 0.717) is 16.7 Å². The molecule has 0 aliphatic rings. The predicted octanol–water partition coefficient (Wildman–Crippen LogP) is 1.92. The summed E-state index contributed by atoms with van der Waals surface area (Å²) in [6.07, 6.45) is 1.29. The van der Waals surface area contributed by atoms with E-state index in [4.69, 9.17) is 16.3 Å². The Morgan fingerprint density at radius 1 is 1.44 bits per heavy atom. The third-order valence-electron chi connectivity index (χ3n) is 2.31. The van der Waals surface area contributed by atoms with Gasteiger partial charge in [-0.15, -0.1) is 0 Å². The van der Waals surface area contributed by atoms with Crippen LogP contribution in [0.15, 0.2) is 29.2 Å². The summed E-state index contributed by atoms with van der Waals surface area (Å²) < 4.78 is 5.09. The van der Waals surface area contributed by atoms with Gasteiger partial charge in [-0.05, 0) is 23.7 Å². The minimum atomic E-state index is -0.772. The highest BCUT2D eigenvalue weighted by Gasteiger charge is 2.12. The molecule has 0 unspecified atom stereocenters. The Hall–Kier alpha value is -1.81. The van der Waals surface area contributed by atoms with Crippen LogP contribution in [0.2, 0.25) is 0 Å². The second-order valence-corrected chi connectivity index (χ2v) is 3.53. The molecule has 2 aromatic rings. The molecule has 1 N–H and O–H groups in total. The van der Waals surface area contributed by atoms with E-state index in [1.54, 1.807) is 18.2 Å². The van der Waals surface area contributed by atoms with Gasteiger partial charge in [0.05, 0.1) is 23.6 Å². The van der Waals surface area contributed by atoms with Crippen LogP contribution >= 0.6 is 11.6 Å². The number of benzene rings is 1. The van der Waals surface area contributed by atoms with Crippen molar-refractivity contribution in [3.8, 4) is 5.75 Å². The van der Waals surface area contributed by atoms with E-state index in [2.05, 4.69) is 4.98 Å². The van der Waals surface area contributed by atoms with Crippen LogP contribution in [0.4, 0.5) is 0 Å². The summed E-state index contributed by atoms with van der Waals surface area (Å²) in [6, 6.07) is 5.01. The molecule has 0 atom stereocenters. The molecule has 0 saturated heterocycles. The molecule has 4 nitrogen and oxygen atoms in total. The molecule has 0 amide bonds. The van der Waals surface area contributed by atoms with Gasteiger partial charge in [-0.25, -0.2) is 0 Å². The zero-order valence-corrected chi connectivity index (χ0v) is 9.17. The first-order valence-corrected chi connectivity index (χ1v) is 4.91. The topological polar surface area (TPSA) is 59.2 Å². The average molecular weight is 238 g/mol. The molecule has 5 heteroatoms. The molecular formula is C11H8ClNO3. The van der Waals surface area contributed by atoms with Gasteiger partial charge in [-0.3, -0.25) is 9.59 Å². The highest BCUT2D eigenvalue weighted by atomic mass is 35.5. The van der Waals surface area contributed by atoms with Gasteiger partial charge < -0.3 is 9.72 Å². The number of ether oxygens (including phenoxy) is 1. The van der Waals surface area contributed by atoms with Crippen molar-refractivity contribution in [2.45, 2.75) is 0 Å². The Labute approximate surface area is 95.8 Å². The van der Waals surface area contributed by atoms with E-state index in [9.17, 15) is 9.59 Å². The first-order chi connectivity index (χ1) is 7.65. The Morgan fingerprint density at radius 2 is 2.19 bits per heavy atom. The summed E-state index contributed by atoms with van der Waals surface area (Å²) >= 11 is 5.29. The number of fused-ring (bicyclic) bond motifs is 1. The number of aromatic nitrogens is 1. The molecular weight excluding hydrogens is 230 g/mol. The van der Waals surface area contributed by atoms with Crippen LogP contribution in [0.1, 0.15) is 10.4 Å². The number of carbonyl (C=O) groups excluding carboxylic acids is 1. The molecule has 0 spiro atoms. The van der Waals surface area contributed by atoms with E-state index in [1.165, 1.54) is 13.3 Å². The highest BCUT2D eigenvalue weighted by Crippen LogP contribution is 2.20. The van der Waals surface area contributed by atoms with Gasteiger partial charge in [-0.2, -0.15) is 0 Å². The lowest BCUT2D eigenvalue weighted by molar-refractivity contribution is 0.108. The number of hydrogen-bond donors (Lipinski definition) is 1. The zero-order valence-electron chi connectivity index (χ0n) is 8.41. The molecule has 2 rings (SSSR count). The van der Waals surface area contributed by atoms with Crippen molar-refractivity contribution in [3.05, 3.63) is 40.2 Å². The predicted molar refractivity (Wildman–Crippen MR) is 61.3 cm³/mol. The lowest BCUT2D eigenvalue weighted by Crippen LogP contribution is -2.12. The number of aromatic amines is 1. The Bertz CT molecular complexity index is 618. The second kappa shape index (κ2) is 3.98. The fourth-order valence-corrected chi connectivity index (χ4v) is 1.68. The standard InChI is InChI=1S/C11H8ClNO3/c1-16-8-4-2-3-6-9(8)13-5-7(10(6)14)11(12)15/h2-5H,1H3,(H,13,14). The van der Waals surface area contributed by atoms with Gasteiger partial charge >= 0.3 is 0 Å². The normalized spacial score (nSPS) is 10.4. The number of pyridine rings is 1. The maximum absolute atomic E-state index is 11.9. The summed E-state index contributed by atoms with van der Waals surface area (Å²) in [5, 5.41) is -0.392. The highest BCUT2D eigenvalue weighted by molar-refractivity contribution is 6.67. The van der Waals surface area contributed by atoms with Crippen LogP contribution < -0.4 is 10.2 Å². The number of carbonyl (C=O) groups is 1. The molecule has 0 bridgehead atoms. The van der Waals surface area contributed by atoms with Gasteiger partial charge in [0.1, 0.15) is 5.75 Å². The molecule has 82 valence electrons. The molecule has 0 fully saturated rings. The van der Waals surface area contributed by atoms with E-state index in [1.807, 2.05) is 0 Å². The van der Waals surface area contributed by atoms with E-state index >= 15 is 0 Å². The van der Waals surface area contributed by atoms with Gasteiger partial charge in [-0.1, -0.05) is 6.07 Å². The first kappa shape index (κ1) is 10.7. The summed E-state index contributed by atoms with van der Waals surface area (Å²) in [6.45, 7) is 0. The summed E-state index contributed by atoms with van der Waals surface area (Å²) in [4.78, 5) is 25.7. The second-order valence-electron chi connectivity index (χ2n) is 3.19. The third-order valence-corrected chi connectivity index (χ3v) is 2.51. The number of methoxy groups -OCH3 is 1. The maximum atomic E-state index is 11.9. The lowest BCUT2D eigenvalue weighted by Gasteiger charge is -2.05. The summed E-state index contributed by atoms with van der Waals surface area (Å²) in [7, 11) is 1.51. The number of rotatable bonds is 2. The summed E-state index contributed by atoms with van der Waals surface area (Å²) in [5.74, 6) is 0.545. The van der Waals surface area contributed by atoms with Crippen LogP contribution in [0.25, 0.3) is 10.9 Å². The van der Waals surface area contributed by atoms with E-state index < -0.39 is 10.7 Å². The van der Waals surface area contributed by atoms with E-state index in [-0.39, 0.29) is 5.56 Å². The minimum absolute atomic E-state index is 0.0672.